The summed E-state index contributed by atoms with van der Waals surface area (Å²) in [6.45, 7) is 0.763. The molecular formula is C18H21N3O4. The summed E-state index contributed by atoms with van der Waals surface area (Å²) >= 11 is 0. The molecule has 0 radical (unpaired) electrons. The minimum atomic E-state index is -0.406. The van der Waals surface area contributed by atoms with Crippen LogP contribution in [0.15, 0.2) is 24.3 Å². The summed E-state index contributed by atoms with van der Waals surface area (Å²) in [7, 11) is 0. The van der Waals surface area contributed by atoms with Gasteiger partial charge in [0.25, 0.3) is 0 Å². The van der Waals surface area contributed by atoms with Crippen molar-refractivity contribution >= 4 is 29.7 Å². The first-order valence-electron chi connectivity index (χ1n) is 8.48. The molecule has 0 bridgehead atoms. The molecule has 2 fully saturated rings. The van der Waals surface area contributed by atoms with Crippen molar-refractivity contribution in [3.05, 3.63) is 29.8 Å². The third-order valence-electron chi connectivity index (χ3n) is 4.78. The topological polar surface area (TPSA) is 95.6 Å². The van der Waals surface area contributed by atoms with Crippen molar-refractivity contribution in [3.63, 3.8) is 0 Å². The molecule has 7 nitrogen and oxygen atoms in total. The molecule has 3 rings (SSSR count). The molecule has 0 aliphatic carbocycles. The Balaban J connectivity index is 1.59. The van der Waals surface area contributed by atoms with Gasteiger partial charge in [0.15, 0.2) is 0 Å². The van der Waals surface area contributed by atoms with Crippen LogP contribution in [0.4, 0.5) is 5.69 Å². The monoisotopic (exact) mass is 343 g/mol. The normalized spacial score (nSPS) is 24.0. The third kappa shape index (κ3) is 4.04. The number of hydrogen-bond acceptors (Lipinski definition) is 5. The second-order valence-electron chi connectivity index (χ2n) is 6.47. The molecule has 2 heterocycles. The highest BCUT2D eigenvalue weighted by molar-refractivity contribution is 6.01. The number of hydrogen-bond donors (Lipinski definition) is 2. The van der Waals surface area contributed by atoms with E-state index >= 15 is 0 Å². The number of nitrogens with one attached hydrogen (secondary N) is 2. The Morgan fingerprint density at radius 2 is 1.92 bits per heavy atom. The minimum absolute atomic E-state index is 0.00842. The first-order chi connectivity index (χ1) is 12.1. The standard InChI is InChI=1S/C18H21N3O4/c22-10-9-21-8-7-13(11-17(21)24)12-1-3-14(4-2-12)19-15-5-6-16(23)20-18(15)25/h1-4,10,13,15,19H,5-9,11H2,(H,20,23,25). The molecule has 7 heteroatoms. The zero-order valence-electron chi connectivity index (χ0n) is 13.9. The van der Waals surface area contributed by atoms with Gasteiger partial charge in [0.05, 0.1) is 6.54 Å². The number of likely N-dealkylation sites (tertiary alicyclic amines) is 1. The van der Waals surface area contributed by atoms with E-state index in [1.165, 1.54) is 0 Å². The Kier molecular flexibility index (Phi) is 5.11. The first-order valence-corrected chi connectivity index (χ1v) is 8.48. The van der Waals surface area contributed by atoms with Crippen LogP contribution in [-0.2, 0) is 19.2 Å². The number of aldehydes is 1. The zero-order chi connectivity index (χ0) is 17.8. The molecule has 1 aromatic rings. The van der Waals surface area contributed by atoms with Crippen molar-refractivity contribution in [2.24, 2.45) is 0 Å². The highest BCUT2D eigenvalue weighted by Gasteiger charge is 2.28. The summed E-state index contributed by atoms with van der Waals surface area (Å²) in [6.07, 6.45) is 2.82. The smallest absolute Gasteiger partial charge is 0.249 e. The lowest BCUT2D eigenvalue weighted by molar-refractivity contribution is -0.135. The van der Waals surface area contributed by atoms with E-state index < -0.39 is 6.04 Å². The van der Waals surface area contributed by atoms with Crippen molar-refractivity contribution in [2.45, 2.75) is 37.6 Å². The van der Waals surface area contributed by atoms with Gasteiger partial charge in [-0.05, 0) is 36.5 Å². The number of amides is 3. The molecule has 2 N–H and O–H groups in total. The van der Waals surface area contributed by atoms with E-state index in [1.54, 1.807) is 4.90 Å². The van der Waals surface area contributed by atoms with Crippen molar-refractivity contribution in [1.82, 2.24) is 10.2 Å². The number of carbonyl (C=O) groups excluding carboxylic acids is 4. The summed E-state index contributed by atoms with van der Waals surface area (Å²) in [5.74, 6) is -0.369. The number of benzene rings is 1. The molecular weight excluding hydrogens is 322 g/mol. The Morgan fingerprint density at radius 3 is 2.56 bits per heavy atom. The first kappa shape index (κ1) is 17.1. The van der Waals surface area contributed by atoms with E-state index in [1.807, 2.05) is 24.3 Å². The van der Waals surface area contributed by atoms with Crippen LogP contribution in [-0.4, -0.2) is 48.0 Å². The second kappa shape index (κ2) is 7.46. The van der Waals surface area contributed by atoms with Gasteiger partial charge in [-0.25, -0.2) is 0 Å². The van der Waals surface area contributed by atoms with Crippen LogP contribution in [0.5, 0.6) is 0 Å². The molecule has 2 unspecified atom stereocenters. The SMILES string of the molecule is O=CCN1CCC(c2ccc(NC3CCC(=O)NC3=O)cc2)CC1=O. The highest BCUT2D eigenvalue weighted by atomic mass is 16.2. The molecule has 0 spiro atoms. The Hall–Kier alpha value is -2.70. The lowest BCUT2D eigenvalue weighted by atomic mass is 9.89. The number of rotatable bonds is 5. The minimum Gasteiger partial charge on any atom is -0.374 e. The Morgan fingerprint density at radius 1 is 1.16 bits per heavy atom. The molecule has 2 saturated heterocycles. The average Bonchev–Trinajstić information content (AvgIpc) is 2.60. The maximum Gasteiger partial charge on any atom is 0.249 e. The summed E-state index contributed by atoms with van der Waals surface area (Å²) < 4.78 is 0. The van der Waals surface area contributed by atoms with Gasteiger partial charge in [-0.15, -0.1) is 0 Å². The number of imide groups is 1. The maximum absolute atomic E-state index is 12.0. The summed E-state index contributed by atoms with van der Waals surface area (Å²) in [4.78, 5) is 47.1. The van der Waals surface area contributed by atoms with Crippen LogP contribution in [0.3, 0.4) is 0 Å². The molecule has 132 valence electrons. The van der Waals surface area contributed by atoms with Gasteiger partial charge in [-0.1, -0.05) is 12.1 Å². The van der Waals surface area contributed by atoms with Crippen LogP contribution in [0.1, 0.15) is 37.2 Å². The Bertz CT molecular complexity index is 686. The van der Waals surface area contributed by atoms with Gasteiger partial charge in [-0.3, -0.25) is 19.7 Å². The van der Waals surface area contributed by atoms with Gasteiger partial charge in [0, 0.05) is 25.1 Å². The van der Waals surface area contributed by atoms with Crippen LogP contribution in [0.2, 0.25) is 0 Å². The predicted octanol–water partition coefficient (Wildman–Crippen LogP) is 0.809. The van der Waals surface area contributed by atoms with Gasteiger partial charge in [0.2, 0.25) is 17.7 Å². The van der Waals surface area contributed by atoms with Crippen LogP contribution >= 0.6 is 0 Å². The number of carbonyl (C=O) groups is 4. The molecule has 1 aromatic carbocycles. The van der Waals surface area contributed by atoms with E-state index in [9.17, 15) is 19.2 Å². The number of anilines is 1. The highest BCUT2D eigenvalue weighted by Crippen LogP contribution is 2.29. The van der Waals surface area contributed by atoms with Gasteiger partial charge < -0.3 is 15.0 Å². The van der Waals surface area contributed by atoms with E-state index in [0.717, 1.165) is 24.0 Å². The summed E-state index contributed by atoms with van der Waals surface area (Å²) in [5, 5.41) is 5.46. The van der Waals surface area contributed by atoms with Crippen LogP contribution in [0, 0.1) is 0 Å². The quantitative estimate of drug-likeness (QED) is 0.609. The van der Waals surface area contributed by atoms with Crippen molar-refractivity contribution in [3.8, 4) is 0 Å². The van der Waals surface area contributed by atoms with E-state index in [0.29, 0.717) is 25.8 Å². The Labute approximate surface area is 145 Å². The van der Waals surface area contributed by atoms with Crippen LogP contribution < -0.4 is 10.6 Å². The zero-order valence-corrected chi connectivity index (χ0v) is 13.9. The maximum atomic E-state index is 12.0. The fraction of sp³-hybridized carbons (Fsp3) is 0.444. The number of nitrogens with zero attached hydrogens (tertiary/aromatic N) is 1. The van der Waals surface area contributed by atoms with Crippen LogP contribution in [0.25, 0.3) is 0 Å². The molecule has 25 heavy (non-hydrogen) atoms. The van der Waals surface area contributed by atoms with Gasteiger partial charge >= 0.3 is 0 Å². The van der Waals surface area contributed by atoms with Crippen molar-refractivity contribution < 1.29 is 19.2 Å². The lowest BCUT2D eigenvalue weighted by Gasteiger charge is -2.30. The van der Waals surface area contributed by atoms with E-state index in [4.69, 9.17) is 0 Å². The third-order valence-corrected chi connectivity index (χ3v) is 4.78. The average molecular weight is 343 g/mol. The number of piperidine rings is 2. The molecule has 2 aliphatic rings. The summed E-state index contributed by atoms with van der Waals surface area (Å²) in [5.41, 5.74) is 1.89. The fourth-order valence-electron chi connectivity index (χ4n) is 3.33. The van der Waals surface area contributed by atoms with Gasteiger partial charge in [-0.2, -0.15) is 0 Å². The van der Waals surface area contributed by atoms with Crippen molar-refractivity contribution in [2.75, 3.05) is 18.4 Å². The molecule has 3 amide bonds. The van der Waals surface area contributed by atoms with Gasteiger partial charge in [0.1, 0.15) is 12.3 Å². The predicted molar refractivity (Wildman–Crippen MR) is 90.9 cm³/mol. The second-order valence-corrected chi connectivity index (χ2v) is 6.47. The largest absolute Gasteiger partial charge is 0.374 e. The molecule has 0 aromatic heterocycles. The molecule has 0 saturated carbocycles. The molecule has 2 atom stereocenters. The summed E-state index contributed by atoms with van der Waals surface area (Å²) in [6, 6.07) is 7.29. The van der Waals surface area contributed by atoms with E-state index in [-0.39, 0.29) is 30.2 Å². The molecule has 2 aliphatic heterocycles. The van der Waals surface area contributed by atoms with E-state index in [2.05, 4.69) is 10.6 Å². The fourth-order valence-corrected chi connectivity index (χ4v) is 3.33. The van der Waals surface area contributed by atoms with Crippen molar-refractivity contribution in [1.29, 1.82) is 0 Å². The lowest BCUT2D eigenvalue weighted by Crippen LogP contribution is -2.47.